The van der Waals surface area contributed by atoms with Gasteiger partial charge in [-0.15, -0.1) is 0 Å². The number of hydrogen-bond donors (Lipinski definition) is 1. The van der Waals surface area contributed by atoms with Gasteiger partial charge in [-0.05, 0) is 29.8 Å². The Morgan fingerprint density at radius 1 is 1.07 bits per heavy atom. The third-order valence-electron chi connectivity index (χ3n) is 4.46. The molecular formula is C23H20N4O2. The maximum atomic E-state index is 13.0. The minimum absolute atomic E-state index is 0.241. The molecule has 6 nitrogen and oxygen atoms in total. The second-order valence-corrected chi connectivity index (χ2v) is 6.50. The van der Waals surface area contributed by atoms with Crippen molar-refractivity contribution in [2.45, 2.75) is 6.54 Å². The summed E-state index contributed by atoms with van der Waals surface area (Å²) >= 11 is 0. The summed E-state index contributed by atoms with van der Waals surface area (Å²) in [5.74, 6) is 0.467. The van der Waals surface area contributed by atoms with Gasteiger partial charge in [-0.3, -0.25) is 14.5 Å². The fraction of sp³-hybridized carbons (Fsp3) is 0.0870. The van der Waals surface area contributed by atoms with Crippen molar-refractivity contribution in [3.05, 3.63) is 96.4 Å². The zero-order chi connectivity index (χ0) is 20.1. The Bertz CT molecular complexity index is 1110. The Labute approximate surface area is 168 Å². The van der Waals surface area contributed by atoms with Gasteiger partial charge < -0.3 is 10.1 Å². The van der Waals surface area contributed by atoms with Crippen LogP contribution in [0.4, 0.5) is 5.69 Å². The van der Waals surface area contributed by atoms with Gasteiger partial charge >= 0.3 is 0 Å². The highest BCUT2D eigenvalue weighted by Gasteiger charge is 2.19. The van der Waals surface area contributed by atoms with Gasteiger partial charge in [-0.1, -0.05) is 42.5 Å². The molecule has 1 N–H and O–H groups in total. The Morgan fingerprint density at radius 3 is 2.69 bits per heavy atom. The van der Waals surface area contributed by atoms with Crippen LogP contribution in [0.25, 0.3) is 11.3 Å². The molecule has 0 spiro atoms. The molecular weight excluding hydrogens is 364 g/mol. The maximum Gasteiger partial charge on any atom is 0.259 e. The fourth-order valence-electron chi connectivity index (χ4n) is 3.06. The summed E-state index contributed by atoms with van der Waals surface area (Å²) < 4.78 is 7.11. The molecule has 0 fully saturated rings. The van der Waals surface area contributed by atoms with Crippen molar-refractivity contribution >= 4 is 11.6 Å². The van der Waals surface area contributed by atoms with Gasteiger partial charge in [0.1, 0.15) is 11.4 Å². The summed E-state index contributed by atoms with van der Waals surface area (Å²) in [7, 11) is 1.61. The molecule has 1 amide bonds. The van der Waals surface area contributed by atoms with E-state index in [2.05, 4.69) is 10.3 Å². The molecule has 4 rings (SSSR count). The van der Waals surface area contributed by atoms with Crippen LogP contribution in [0.15, 0.2) is 85.3 Å². The molecule has 0 aliphatic rings. The summed E-state index contributed by atoms with van der Waals surface area (Å²) in [6.45, 7) is 0.567. The SMILES string of the molecule is COc1cccc(-c2nn(Cc3ccccc3)cc2C(=O)Nc2cccnc2)c1. The number of ether oxygens (including phenoxy) is 1. The second-order valence-electron chi connectivity index (χ2n) is 6.50. The lowest BCUT2D eigenvalue weighted by Crippen LogP contribution is -2.12. The van der Waals surface area contributed by atoms with Gasteiger partial charge in [-0.25, -0.2) is 0 Å². The topological polar surface area (TPSA) is 69.0 Å². The maximum absolute atomic E-state index is 13.0. The summed E-state index contributed by atoms with van der Waals surface area (Å²) in [6.07, 6.45) is 5.04. The van der Waals surface area contributed by atoms with Crippen molar-refractivity contribution in [1.29, 1.82) is 0 Å². The van der Waals surface area contributed by atoms with E-state index in [0.29, 0.717) is 29.2 Å². The van der Waals surface area contributed by atoms with Crippen LogP contribution in [0.2, 0.25) is 0 Å². The van der Waals surface area contributed by atoms with Crippen LogP contribution in [-0.4, -0.2) is 27.8 Å². The number of carbonyl (C=O) groups excluding carboxylic acids is 1. The van der Waals surface area contributed by atoms with Gasteiger partial charge in [0, 0.05) is 18.0 Å². The van der Waals surface area contributed by atoms with Gasteiger partial charge in [-0.2, -0.15) is 5.10 Å². The molecule has 2 aromatic carbocycles. The molecule has 29 heavy (non-hydrogen) atoms. The number of rotatable bonds is 6. The van der Waals surface area contributed by atoms with Gasteiger partial charge in [0.2, 0.25) is 0 Å². The number of nitrogens with one attached hydrogen (secondary N) is 1. The van der Waals surface area contributed by atoms with E-state index in [-0.39, 0.29) is 5.91 Å². The second kappa shape index (κ2) is 8.39. The summed E-state index contributed by atoms with van der Waals surface area (Å²) in [4.78, 5) is 17.0. The summed E-state index contributed by atoms with van der Waals surface area (Å²) in [5, 5.41) is 7.59. The first-order chi connectivity index (χ1) is 14.2. The smallest absolute Gasteiger partial charge is 0.259 e. The number of benzene rings is 2. The van der Waals surface area contributed by atoms with Gasteiger partial charge in [0.15, 0.2) is 0 Å². The number of amides is 1. The van der Waals surface area contributed by atoms with Crippen molar-refractivity contribution < 1.29 is 9.53 Å². The van der Waals surface area contributed by atoms with E-state index < -0.39 is 0 Å². The average molecular weight is 384 g/mol. The number of carbonyl (C=O) groups is 1. The highest BCUT2D eigenvalue weighted by atomic mass is 16.5. The quantitative estimate of drug-likeness (QED) is 0.539. The van der Waals surface area contributed by atoms with Crippen molar-refractivity contribution in [2.75, 3.05) is 12.4 Å². The Morgan fingerprint density at radius 2 is 1.93 bits per heavy atom. The summed E-state index contributed by atoms with van der Waals surface area (Å²) in [5.41, 5.74) is 3.63. The number of hydrogen-bond acceptors (Lipinski definition) is 4. The van der Waals surface area contributed by atoms with Crippen LogP contribution in [0.1, 0.15) is 15.9 Å². The molecule has 0 atom stereocenters. The van der Waals surface area contributed by atoms with E-state index in [1.807, 2.05) is 54.6 Å². The molecule has 0 aliphatic heterocycles. The van der Waals surface area contributed by atoms with Crippen LogP contribution in [0.3, 0.4) is 0 Å². The molecule has 144 valence electrons. The molecule has 0 radical (unpaired) electrons. The third kappa shape index (κ3) is 4.32. The van der Waals surface area contributed by atoms with Crippen LogP contribution in [0.5, 0.6) is 5.75 Å². The minimum atomic E-state index is -0.241. The number of anilines is 1. The van der Waals surface area contributed by atoms with Crippen molar-refractivity contribution in [3.8, 4) is 17.0 Å². The average Bonchev–Trinajstić information content (AvgIpc) is 3.19. The molecule has 0 saturated heterocycles. The minimum Gasteiger partial charge on any atom is -0.497 e. The fourth-order valence-corrected chi connectivity index (χ4v) is 3.06. The highest BCUT2D eigenvalue weighted by molar-refractivity contribution is 6.08. The zero-order valence-corrected chi connectivity index (χ0v) is 15.9. The highest BCUT2D eigenvalue weighted by Crippen LogP contribution is 2.26. The Hall–Kier alpha value is -3.93. The van der Waals surface area contributed by atoms with E-state index >= 15 is 0 Å². The molecule has 4 aromatic rings. The molecule has 0 aliphatic carbocycles. The van der Waals surface area contributed by atoms with E-state index in [1.165, 1.54) is 0 Å². The Kier molecular flexibility index (Phi) is 5.33. The van der Waals surface area contributed by atoms with Crippen molar-refractivity contribution in [3.63, 3.8) is 0 Å². The molecule has 2 heterocycles. The van der Waals surface area contributed by atoms with E-state index in [4.69, 9.17) is 9.84 Å². The lowest BCUT2D eigenvalue weighted by Gasteiger charge is -2.06. The first-order valence-corrected chi connectivity index (χ1v) is 9.20. The standard InChI is InChI=1S/C23H20N4O2/c1-29-20-11-5-9-18(13-20)22-21(23(28)25-19-10-6-12-24-14-19)16-27(26-22)15-17-7-3-2-4-8-17/h2-14,16H,15H2,1H3,(H,25,28). The first-order valence-electron chi connectivity index (χ1n) is 9.20. The first kappa shape index (κ1) is 18.4. The lowest BCUT2D eigenvalue weighted by molar-refractivity contribution is 0.102. The van der Waals surface area contributed by atoms with Crippen LogP contribution < -0.4 is 10.1 Å². The molecule has 0 saturated carbocycles. The van der Waals surface area contributed by atoms with Crippen molar-refractivity contribution in [1.82, 2.24) is 14.8 Å². The van der Waals surface area contributed by atoms with E-state index in [1.54, 1.807) is 42.5 Å². The third-order valence-corrected chi connectivity index (χ3v) is 4.46. The van der Waals surface area contributed by atoms with Crippen molar-refractivity contribution in [2.24, 2.45) is 0 Å². The van der Waals surface area contributed by atoms with E-state index in [0.717, 1.165) is 11.1 Å². The van der Waals surface area contributed by atoms with Crippen LogP contribution >= 0.6 is 0 Å². The monoisotopic (exact) mass is 384 g/mol. The van der Waals surface area contributed by atoms with Crippen LogP contribution in [0, 0.1) is 0 Å². The predicted molar refractivity (Wildman–Crippen MR) is 112 cm³/mol. The predicted octanol–water partition coefficient (Wildman–Crippen LogP) is 4.25. The number of aromatic nitrogens is 3. The number of pyridine rings is 1. The normalized spacial score (nSPS) is 10.5. The molecule has 6 heteroatoms. The zero-order valence-electron chi connectivity index (χ0n) is 15.9. The number of nitrogens with zero attached hydrogens (tertiary/aromatic N) is 3. The van der Waals surface area contributed by atoms with Gasteiger partial charge in [0.05, 0.1) is 31.1 Å². The van der Waals surface area contributed by atoms with Crippen LogP contribution in [-0.2, 0) is 6.54 Å². The van der Waals surface area contributed by atoms with E-state index in [9.17, 15) is 4.79 Å². The Balaban J connectivity index is 1.71. The summed E-state index contributed by atoms with van der Waals surface area (Å²) in [6, 6.07) is 21.1. The molecule has 0 unspecified atom stereocenters. The van der Waals surface area contributed by atoms with Gasteiger partial charge in [0.25, 0.3) is 5.91 Å². The molecule has 2 aromatic heterocycles. The lowest BCUT2D eigenvalue weighted by atomic mass is 10.1. The molecule has 0 bridgehead atoms. The number of methoxy groups -OCH3 is 1. The largest absolute Gasteiger partial charge is 0.497 e.